The predicted molar refractivity (Wildman–Crippen MR) is 102 cm³/mol. The Morgan fingerprint density at radius 3 is 2.56 bits per heavy atom. The molecule has 142 valence electrons. The average molecular weight is 371 g/mol. The summed E-state index contributed by atoms with van der Waals surface area (Å²) in [6, 6.07) is 7.31. The first kappa shape index (κ1) is 19.0. The van der Waals surface area contributed by atoms with Crippen molar-refractivity contribution in [3.05, 3.63) is 64.5 Å². The number of carbonyl (C=O) groups excluding carboxylic acids is 1. The highest BCUT2D eigenvalue weighted by Gasteiger charge is 2.19. The lowest BCUT2D eigenvalue weighted by Crippen LogP contribution is -2.15. The summed E-state index contributed by atoms with van der Waals surface area (Å²) in [5.74, 6) is -1.09. The minimum atomic E-state index is -0.615. The van der Waals surface area contributed by atoms with Crippen molar-refractivity contribution >= 4 is 16.9 Å². The van der Waals surface area contributed by atoms with E-state index in [-0.39, 0.29) is 6.54 Å². The molecule has 0 fully saturated rings. The van der Waals surface area contributed by atoms with Crippen LogP contribution in [-0.2, 0) is 13.0 Å². The minimum Gasteiger partial charge on any atom is -0.366 e. The summed E-state index contributed by atoms with van der Waals surface area (Å²) in [6.45, 7) is 4.11. The van der Waals surface area contributed by atoms with Crippen LogP contribution < -0.4 is 5.73 Å². The fraction of sp³-hybridized carbons (Fsp3) is 0.333. The number of aryl methyl sites for hydroxylation is 2. The van der Waals surface area contributed by atoms with E-state index in [2.05, 4.69) is 11.9 Å². The Kier molecular flexibility index (Phi) is 5.54. The Labute approximate surface area is 157 Å². The predicted octanol–water partition coefficient (Wildman–Crippen LogP) is 4.50. The summed E-state index contributed by atoms with van der Waals surface area (Å²) in [5.41, 5.74) is 8.58. The molecule has 2 aromatic carbocycles. The molecule has 1 heterocycles. The van der Waals surface area contributed by atoms with Crippen molar-refractivity contribution in [2.24, 2.45) is 5.73 Å². The van der Waals surface area contributed by atoms with Crippen molar-refractivity contribution < 1.29 is 13.6 Å². The Morgan fingerprint density at radius 1 is 1.15 bits per heavy atom. The third kappa shape index (κ3) is 3.84. The van der Waals surface area contributed by atoms with Crippen LogP contribution in [0.2, 0.25) is 0 Å². The number of hydrogen-bond acceptors (Lipinski definition) is 2. The number of benzene rings is 2. The van der Waals surface area contributed by atoms with Crippen LogP contribution in [0.3, 0.4) is 0 Å². The lowest BCUT2D eigenvalue weighted by atomic mass is 9.99. The van der Waals surface area contributed by atoms with Crippen molar-refractivity contribution in [2.75, 3.05) is 0 Å². The van der Waals surface area contributed by atoms with Gasteiger partial charge >= 0.3 is 0 Å². The fourth-order valence-electron chi connectivity index (χ4n) is 3.42. The molecule has 0 radical (unpaired) electrons. The van der Waals surface area contributed by atoms with Gasteiger partial charge < -0.3 is 10.3 Å². The van der Waals surface area contributed by atoms with Gasteiger partial charge in [0.05, 0.1) is 17.6 Å². The number of primary amides is 1. The van der Waals surface area contributed by atoms with Crippen LogP contribution in [0.4, 0.5) is 8.78 Å². The molecule has 0 saturated carbocycles. The SMILES string of the molecule is CCCCCc1ccc2c(nc(C)n2Cc2ccc(F)cc2F)c1C(N)=O. The number of rotatable bonds is 7. The van der Waals surface area contributed by atoms with Crippen molar-refractivity contribution in [1.29, 1.82) is 0 Å². The van der Waals surface area contributed by atoms with Crippen molar-refractivity contribution in [3.8, 4) is 0 Å². The van der Waals surface area contributed by atoms with Crippen LogP contribution in [0.15, 0.2) is 30.3 Å². The standard InChI is InChI=1S/C21H23F2N3O/c1-3-4-5-6-14-8-10-18-20(19(14)21(24)27)25-13(2)26(18)12-15-7-9-16(22)11-17(15)23/h7-11H,3-6,12H2,1-2H3,(H2,24,27). The average Bonchev–Trinajstić information content (AvgIpc) is 2.92. The van der Waals surface area contributed by atoms with Gasteiger partial charge in [0.25, 0.3) is 5.91 Å². The quantitative estimate of drug-likeness (QED) is 0.622. The molecular formula is C21H23F2N3O. The van der Waals surface area contributed by atoms with E-state index in [0.717, 1.165) is 37.3 Å². The fourth-order valence-corrected chi connectivity index (χ4v) is 3.42. The van der Waals surface area contributed by atoms with Crippen molar-refractivity contribution in [1.82, 2.24) is 9.55 Å². The molecule has 2 N–H and O–H groups in total. The summed E-state index contributed by atoms with van der Waals surface area (Å²) < 4.78 is 29.0. The Hall–Kier alpha value is -2.76. The van der Waals surface area contributed by atoms with Crippen molar-refractivity contribution in [2.45, 2.75) is 46.1 Å². The lowest BCUT2D eigenvalue weighted by Gasteiger charge is -2.10. The number of unbranched alkanes of at least 4 members (excludes halogenated alkanes) is 2. The minimum absolute atomic E-state index is 0.196. The monoisotopic (exact) mass is 371 g/mol. The molecule has 0 saturated heterocycles. The number of amides is 1. The van der Waals surface area contributed by atoms with Crippen LogP contribution in [0.25, 0.3) is 11.0 Å². The van der Waals surface area contributed by atoms with Gasteiger partial charge in [-0.25, -0.2) is 13.8 Å². The molecule has 0 aliphatic carbocycles. The Bertz CT molecular complexity index is 995. The van der Waals surface area contributed by atoms with E-state index >= 15 is 0 Å². The number of carbonyl (C=O) groups is 1. The van der Waals surface area contributed by atoms with Gasteiger partial charge in [-0.1, -0.05) is 31.9 Å². The normalized spacial score (nSPS) is 11.3. The van der Waals surface area contributed by atoms with Crippen LogP contribution in [0.1, 0.15) is 53.5 Å². The largest absolute Gasteiger partial charge is 0.366 e. The zero-order valence-corrected chi connectivity index (χ0v) is 15.6. The molecule has 0 spiro atoms. The molecule has 6 heteroatoms. The first-order valence-corrected chi connectivity index (χ1v) is 9.14. The molecule has 27 heavy (non-hydrogen) atoms. The number of fused-ring (bicyclic) bond motifs is 1. The highest BCUT2D eigenvalue weighted by Crippen LogP contribution is 2.26. The van der Waals surface area contributed by atoms with Crippen LogP contribution >= 0.6 is 0 Å². The molecule has 1 amide bonds. The first-order chi connectivity index (χ1) is 12.9. The number of nitrogens with zero attached hydrogens (tertiary/aromatic N) is 2. The van der Waals surface area contributed by atoms with Gasteiger partial charge in [0, 0.05) is 11.6 Å². The summed E-state index contributed by atoms with van der Waals surface area (Å²) in [4.78, 5) is 16.6. The number of hydrogen-bond donors (Lipinski definition) is 1. The van der Waals surface area contributed by atoms with Gasteiger partial charge in [-0.05, 0) is 37.5 Å². The molecule has 4 nitrogen and oxygen atoms in total. The smallest absolute Gasteiger partial charge is 0.251 e. The first-order valence-electron chi connectivity index (χ1n) is 9.14. The van der Waals surface area contributed by atoms with Gasteiger partial charge in [0.15, 0.2) is 0 Å². The van der Waals surface area contributed by atoms with E-state index < -0.39 is 17.5 Å². The number of halogens is 2. The van der Waals surface area contributed by atoms with Gasteiger partial charge in [0.1, 0.15) is 23.0 Å². The van der Waals surface area contributed by atoms with Gasteiger partial charge in [-0.3, -0.25) is 4.79 Å². The zero-order chi connectivity index (χ0) is 19.6. The van der Waals surface area contributed by atoms with E-state index in [1.807, 2.05) is 16.7 Å². The highest BCUT2D eigenvalue weighted by molar-refractivity contribution is 6.05. The topological polar surface area (TPSA) is 60.9 Å². The molecule has 3 rings (SSSR count). The van der Waals surface area contributed by atoms with E-state index in [0.29, 0.717) is 28.0 Å². The molecule has 0 unspecified atom stereocenters. The van der Waals surface area contributed by atoms with Crippen molar-refractivity contribution in [3.63, 3.8) is 0 Å². The number of nitrogens with two attached hydrogens (primary N) is 1. The maximum atomic E-state index is 14.1. The molecule has 0 aliphatic rings. The molecule has 0 bridgehead atoms. The number of aromatic nitrogens is 2. The maximum absolute atomic E-state index is 14.1. The highest BCUT2D eigenvalue weighted by atomic mass is 19.1. The molecule has 3 aromatic rings. The van der Waals surface area contributed by atoms with E-state index in [9.17, 15) is 13.6 Å². The van der Waals surface area contributed by atoms with E-state index in [4.69, 9.17) is 5.73 Å². The summed E-state index contributed by atoms with van der Waals surface area (Å²) >= 11 is 0. The van der Waals surface area contributed by atoms with E-state index in [1.165, 1.54) is 12.1 Å². The van der Waals surface area contributed by atoms with Gasteiger partial charge in [0.2, 0.25) is 0 Å². The van der Waals surface area contributed by atoms with E-state index in [1.54, 1.807) is 6.92 Å². The van der Waals surface area contributed by atoms with Crippen LogP contribution in [-0.4, -0.2) is 15.5 Å². The third-order valence-corrected chi connectivity index (χ3v) is 4.84. The van der Waals surface area contributed by atoms with Crippen LogP contribution in [0, 0.1) is 18.6 Å². The second-order valence-corrected chi connectivity index (χ2v) is 6.77. The third-order valence-electron chi connectivity index (χ3n) is 4.84. The summed E-state index contributed by atoms with van der Waals surface area (Å²) in [5, 5.41) is 0. The maximum Gasteiger partial charge on any atom is 0.251 e. The Morgan fingerprint density at radius 2 is 1.89 bits per heavy atom. The molecule has 0 aliphatic heterocycles. The molecular weight excluding hydrogens is 348 g/mol. The summed E-state index contributed by atoms with van der Waals surface area (Å²) in [7, 11) is 0. The van der Waals surface area contributed by atoms with Gasteiger partial charge in [-0.2, -0.15) is 0 Å². The Balaban J connectivity index is 2.06. The molecule has 1 aromatic heterocycles. The second-order valence-electron chi connectivity index (χ2n) is 6.77. The zero-order valence-electron chi connectivity index (χ0n) is 15.6. The molecule has 0 atom stereocenters. The second kappa shape index (κ2) is 7.86. The lowest BCUT2D eigenvalue weighted by molar-refractivity contribution is 0.100. The summed E-state index contributed by atoms with van der Waals surface area (Å²) in [6.07, 6.45) is 3.90. The number of imidazole rings is 1. The van der Waals surface area contributed by atoms with Crippen LogP contribution in [0.5, 0.6) is 0 Å². The van der Waals surface area contributed by atoms with Gasteiger partial charge in [-0.15, -0.1) is 0 Å².